The highest BCUT2D eigenvalue weighted by Gasteiger charge is 2.59. The normalized spacial score (nSPS) is 22.2. The third-order valence-corrected chi connectivity index (χ3v) is 10.0. The minimum atomic E-state index is -2.59. The van der Waals surface area contributed by atoms with Gasteiger partial charge in [0.1, 0.15) is 22.8 Å². The van der Waals surface area contributed by atoms with Crippen LogP contribution in [-0.2, 0) is 35.4 Å². The van der Waals surface area contributed by atoms with E-state index in [0.29, 0.717) is 17.1 Å². The first-order chi connectivity index (χ1) is 22.4. The number of rotatable bonds is 9. The summed E-state index contributed by atoms with van der Waals surface area (Å²) >= 11 is 6.00. The maximum Gasteiger partial charge on any atom is 0.255 e. The van der Waals surface area contributed by atoms with Crippen molar-refractivity contribution < 1.29 is 34.8 Å². The molecule has 3 aliphatic rings. The predicted octanol–water partition coefficient (Wildman–Crippen LogP) is 5.19. The molecule has 0 spiro atoms. The van der Waals surface area contributed by atoms with Gasteiger partial charge in [0.15, 0.2) is 11.4 Å². The third kappa shape index (κ3) is 5.62. The molecule has 0 saturated heterocycles. The fourth-order valence-electron chi connectivity index (χ4n) is 7.46. The number of nitrogens with two attached hydrogens (primary N) is 1. The van der Waals surface area contributed by atoms with Crippen molar-refractivity contribution in [1.82, 2.24) is 5.32 Å². The van der Waals surface area contributed by atoms with Gasteiger partial charge in [0, 0.05) is 29.5 Å². The average molecular weight is 657 g/mol. The van der Waals surface area contributed by atoms with E-state index >= 15 is 0 Å². The second-order valence-electron chi connectivity index (χ2n) is 12.7. The summed E-state index contributed by atoms with van der Waals surface area (Å²) in [6.45, 7) is 3.47. The van der Waals surface area contributed by atoms with Crippen LogP contribution in [0, 0.1) is 11.8 Å². The number of amides is 1. The van der Waals surface area contributed by atoms with Crippen molar-refractivity contribution in [2.75, 3.05) is 6.54 Å². The molecule has 10 heteroatoms. The number of aromatic hydroxyl groups is 1. The number of aryl methyl sites for hydroxylation is 1. The topological polar surface area (TPSA) is 170 Å². The highest BCUT2D eigenvalue weighted by molar-refractivity contribution is 6.30. The van der Waals surface area contributed by atoms with Crippen LogP contribution in [0.5, 0.6) is 5.75 Å². The molecule has 3 aliphatic carbocycles. The van der Waals surface area contributed by atoms with Crippen LogP contribution in [-0.4, -0.2) is 50.0 Å². The number of phenolic OH excluding ortho intramolecular Hbond substituents is 1. The van der Waals surface area contributed by atoms with E-state index in [1.54, 1.807) is 6.07 Å². The molecule has 0 saturated carbocycles. The van der Waals surface area contributed by atoms with E-state index in [9.17, 15) is 34.8 Å². The molecule has 0 heterocycles. The molecule has 7 N–H and O–H groups in total. The van der Waals surface area contributed by atoms with Gasteiger partial charge in [0.25, 0.3) is 5.91 Å². The Hall–Kier alpha value is -4.44. The highest BCUT2D eigenvalue weighted by atomic mass is 35.5. The molecular formula is C37H37ClN2O7. The van der Waals surface area contributed by atoms with Gasteiger partial charge in [0.2, 0.25) is 5.78 Å². The van der Waals surface area contributed by atoms with Gasteiger partial charge in [-0.3, -0.25) is 14.4 Å². The number of phenols is 1. The summed E-state index contributed by atoms with van der Waals surface area (Å²) in [4.78, 5) is 39.3. The van der Waals surface area contributed by atoms with E-state index in [0.717, 1.165) is 48.1 Å². The SMILES string of the molecule is CCCc1ccc(CNCCc2ccc(Cl)cc2)cc1-c1ccc(O)c2c1C[C@H]1C[C@H]3CC(O)=C(C(N)=O)C(=O)[C@@]3(O)C(O)=C1C2=O. The Kier molecular flexibility index (Phi) is 8.74. The Balaban J connectivity index is 1.35. The van der Waals surface area contributed by atoms with Gasteiger partial charge in [-0.2, -0.15) is 0 Å². The molecule has 3 aromatic carbocycles. The summed E-state index contributed by atoms with van der Waals surface area (Å²) in [7, 11) is 0. The van der Waals surface area contributed by atoms with Crippen LogP contribution in [0.15, 0.2) is 77.3 Å². The first-order valence-corrected chi connectivity index (χ1v) is 16.2. The lowest BCUT2D eigenvalue weighted by molar-refractivity contribution is -0.144. The van der Waals surface area contributed by atoms with Crippen LogP contribution in [0.2, 0.25) is 5.02 Å². The summed E-state index contributed by atoms with van der Waals surface area (Å²) in [5.41, 5.74) is 7.42. The van der Waals surface area contributed by atoms with Crippen molar-refractivity contribution >= 4 is 29.1 Å². The number of Topliss-reactive ketones (excluding diaryl/α,β-unsaturated/α-hetero) is 2. The highest BCUT2D eigenvalue weighted by Crippen LogP contribution is 2.52. The number of benzene rings is 3. The number of hydrogen-bond acceptors (Lipinski definition) is 8. The van der Waals surface area contributed by atoms with Crippen molar-refractivity contribution in [3.05, 3.63) is 110 Å². The summed E-state index contributed by atoms with van der Waals surface area (Å²) in [6, 6.07) is 17.3. The maximum atomic E-state index is 14.1. The molecule has 47 heavy (non-hydrogen) atoms. The first kappa shape index (κ1) is 32.5. The van der Waals surface area contributed by atoms with Crippen molar-refractivity contribution in [3.8, 4) is 16.9 Å². The number of fused-ring (bicyclic) bond motifs is 3. The number of ketones is 2. The van der Waals surface area contributed by atoms with E-state index in [-0.39, 0.29) is 36.1 Å². The van der Waals surface area contributed by atoms with Gasteiger partial charge in [-0.25, -0.2) is 0 Å². The molecule has 0 radical (unpaired) electrons. The van der Waals surface area contributed by atoms with Gasteiger partial charge < -0.3 is 31.5 Å². The standard InChI is InChI=1S/C37H37ClN2O7/c1-2-3-21-7-4-20(18-40-13-12-19-5-8-24(38)9-6-19)14-26(21)25-10-11-28(41)31-27(25)16-22-15-23-17-29(42)32(36(39)46)35(45)37(23,47)34(44)30(22)33(31)43/h4-11,14,22-23,40-42,44,47H,2-3,12-13,15-18H2,1H3,(H2,39,46)/t22-,23+,37+/m1/s1. The summed E-state index contributed by atoms with van der Waals surface area (Å²) in [6.07, 6.45) is 2.59. The van der Waals surface area contributed by atoms with Crippen molar-refractivity contribution in [2.24, 2.45) is 17.6 Å². The van der Waals surface area contributed by atoms with Crippen LogP contribution in [0.1, 0.15) is 58.8 Å². The predicted molar refractivity (Wildman–Crippen MR) is 177 cm³/mol. The lowest BCUT2D eigenvalue weighted by atomic mass is 9.60. The van der Waals surface area contributed by atoms with Crippen molar-refractivity contribution in [1.29, 1.82) is 0 Å². The molecule has 244 valence electrons. The zero-order chi connectivity index (χ0) is 33.6. The van der Waals surface area contributed by atoms with Gasteiger partial charge in [-0.1, -0.05) is 55.3 Å². The van der Waals surface area contributed by atoms with E-state index in [4.69, 9.17) is 17.3 Å². The van der Waals surface area contributed by atoms with Crippen LogP contribution >= 0.6 is 11.6 Å². The molecule has 3 atom stereocenters. The molecule has 0 unspecified atom stereocenters. The second-order valence-corrected chi connectivity index (χ2v) is 13.1. The van der Waals surface area contributed by atoms with E-state index in [1.165, 1.54) is 11.6 Å². The van der Waals surface area contributed by atoms with Crippen LogP contribution in [0.3, 0.4) is 0 Å². The monoisotopic (exact) mass is 656 g/mol. The number of carbonyl (C=O) groups excluding carboxylic acids is 3. The number of carbonyl (C=O) groups is 3. The molecule has 0 fully saturated rings. The summed E-state index contributed by atoms with van der Waals surface area (Å²) < 4.78 is 0. The number of hydrogen-bond donors (Lipinski definition) is 6. The van der Waals surface area contributed by atoms with Crippen LogP contribution in [0.25, 0.3) is 11.1 Å². The van der Waals surface area contributed by atoms with E-state index < -0.39 is 52.0 Å². The fourth-order valence-corrected chi connectivity index (χ4v) is 7.59. The molecule has 0 aliphatic heterocycles. The van der Waals surface area contributed by atoms with Crippen molar-refractivity contribution in [2.45, 2.75) is 57.6 Å². The molecule has 9 nitrogen and oxygen atoms in total. The van der Waals surface area contributed by atoms with Gasteiger partial charge in [-0.05, 0) is 95.8 Å². The van der Waals surface area contributed by atoms with Crippen LogP contribution in [0.4, 0.5) is 0 Å². The maximum absolute atomic E-state index is 14.1. The number of allylic oxidation sites excluding steroid dienone is 2. The Morgan fingerprint density at radius 2 is 1.70 bits per heavy atom. The lowest BCUT2D eigenvalue weighted by Crippen LogP contribution is -2.57. The zero-order valence-electron chi connectivity index (χ0n) is 26.0. The summed E-state index contributed by atoms with van der Waals surface area (Å²) in [5.74, 6) is -6.42. The minimum Gasteiger partial charge on any atom is -0.511 e. The molecule has 0 bridgehead atoms. The molecule has 6 rings (SSSR count). The van der Waals surface area contributed by atoms with Gasteiger partial charge in [0.05, 0.1) is 5.56 Å². The fraction of sp³-hybridized carbons (Fsp3) is 0.324. The largest absolute Gasteiger partial charge is 0.511 e. The van der Waals surface area contributed by atoms with Gasteiger partial charge >= 0.3 is 0 Å². The Bertz CT molecular complexity index is 1860. The Morgan fingerprint density at radius 1 is 0.979 bits per heavy atom. The lowest BCUT2D eigenvalue weighted by Gasteiger charge is -2.45. The number of aliphatic hydroxyl groups is 3. The molecule has 3 aromatic rings. The number of primary amides is 1. The molecular weight excluding hydrogens is 620 g/mol. The van der Waals surface area contributed by atoms with Crippen LogP contribution < -0.4 is 11.1 Å². The minimum absolute atomic E-state index is 0.00747. The number of nitrogens with one attached hydrogen (secondary N) is 1. The van der Waals surface area contributed by atoms with E-state index in [2.05, 4.69) is 30.4 Å². The quantitative estimate of drug-likeness (QED) is 0.135. The first-order valence-electron chi connectivity index (χ1n) is 15.8. The molecule has 0 aromatic heterocycles. The molecule has 1 amide bonds. The Morgan fingerprint density at radius 3 is 2.40 bits per heavy atom. The average Bonchev–Trinajstić information content (AvgIpc) is 3.02. The smallest absolute Gasteiger partial charge is 0.255 e. The number of halogens is 1. The van der Waals surface area contributed by atoms with E-state index in [1.807, 2.05) is 24.3 Å². The third-order valence-electron chi connectivity index (χ3n) is 9.76. The van der Waals surface area contributed by atoms with Gasteiger partial charge in [-0.15, -0.1) is 0 Å². The second kappa shape index (κ2) is 12.6. The zero-order valence-corrected chi connectivity index (χ0v) is 26.7. The Labute approximate surface area is 277 Å². The summed E-state index contributed by atoms with van der Waals surface area (Å²) in [5, 5.41) is 48.5. The van der Waals surface area contributed by atoms with Crippen molar-refractivity contribution in [3.63, 3.8) is 0 Å². The number of aliphatic hydroxyl groups excluding tert-OH is 2.